The molecule has 0 bridgehead atoms. The van der Waals surface area contributed by atoms with Gasteiger partial charge in [0, 0.05) is 11.8 Å². The van der Waals surface area contributed by atoms with Gasteiger partial charge in [0.05, 0.1) is 17.4 Å². The molecule has 0 aliphatic heterocycles. The maximum Gasteiger partial charge on any atom is 0.122 e. The van der Waals surface area contributed by atoms with Crippen molar-refractivity contribution in [2.24, 2.45) is 0 Å². The first-order valence-corrected chi connectivity index (χ1v) is 5.71. The summed E-state index contributed by atoms with van der Waals surface area (Å²) in [5, 5.41) is 0. The number of nitrogens with one attached hydrogen (secondary N) is 1. The summed E-state index contributed by atoms with van der Waals surface area (Å²) in [6.45, 7) is 0.528. The molecular weight excluding hydrogens is 226 g/mol. The van der Waals surface area contributed by atoms with E-state index in [1.165, 1.54) is 0 Å². The number of anilines is 1. The van der Waals surface area contributed by atoms with Gasteiger partial charge in [0.2, 0.25) is 0 Å². The topological polar surface area (TPSA) is 63.9 Å². The molecule has 0 fully saturated rings. The number of aromatic nitrogens is 2. The molecule has 4 nitrogen and oxygen atoms in total. The van der Waals surface area contributed by atoms with Crippen LogP contribution in [0.1, 0.15) is 5.56 Å². The molecule has 0 aliphatic rings. The van der Waals surface area contributed by atoms with Gasteiger partial charge in [0.15, 0.2) is 0 Å². The van der Waals surface area contributed by atoms with E-state index in [0.717, 1.165) is 28.0 Å². The zero-order chi connectivity index (χ0) is 12.4. The molecule has 0 unspecified atom stereocenters. The Kier molecular flexibility index (Phi) is 2.61. The molecule has 3 N–H and O–H groups in total. The highest BCUT2D eigenvalue weighted by atomic mass is 16.5. The third kappa shape index (κ3) is 2.13. The van der Waals surface area contributed by atoms with Crippen LogP contribution in [0.25, 0.3) is 11.0 Å². The Morgan fingerprint density at radius 1 is 1.11 bits per heavy atom. The van der Waals surface area contributed by atoms with Crippen molar-refractivity contribution in [3.63, 3.8) is 0 Å². The lowest BCUT2D eigenvalue weighted by atomic mass is 10.2. The van der Waals surface area contributed by atoms with Crippen LogP contribution in [0.2, 0.25) is 0 Å². The smallest absolute Gasteiger partial charge is 0.122 e. The molecule has 0 spiro atoms. The Bertz CT molecular complexity index is 658. The highest BCUT2D eigenvalue weighted by molar-refractivity contribution is 5.75. The largest absolute Gasteiger partial charge is 0.489 e. The van der Waals surface area contributed by atoms with Gasteiger partial charge < -0.3 is 15.5 Å². The SMILES string of the molecule is Nc1ccc(COc2ccc3nc[nH]c3c2)cc1. The molecule has 4 heteroatoms. The highest BCUT2D eigenvalue weighted by Crippen LogP contribution is 2.19. The Morgan fingerprint density at radius 3 is 2.78 bits per heavy atom. The number of imidazole rings is 1. The van der Waals surface area contributed by atoms with Crippen molar-refractivity contribution >= 4 is 16.7 Å². The molecule has 0 saturated carbocycles. The lowest BCUT2D eigenvalue weighted by Gasteiger charge is -2.06. The minimum atomic E-state index is 0.528. The number of ether oxygens (including phenoxy) is 1. The lowest BCUT2D eigenvalue weighted by molar-refractivity contribution is 0.306. The molecule has 0 radical (unpaired) electrons. The molecule has 3 rings (SSSR count). The molecule has 3 aromatic rings. The van der Waals surface area contributed by atoms with Gasteiger partial charge in [0.25, 0.3) is 0 Å². The van der Waals surface area contributed by atoms with Gasteiger partial charge in [-0.25, -0.2) is 4.98 Å². The van der Waals surface area contributed by atoms with Crippen molar-refractivity contribution in [3.05, 3.63) is 54.4 Å². The van der Waals surface area contributed by atoms with Crippen LogP contribution in [0, 0.1) is 0 Å². The van der Waals surface area contributed by atoms with Gasteiger partial charge in [-0.2, -0.15) is 0 Å². The number of benzene rings is 2. The van der Waals surface area contributed by atoms with E-state index in [-0.39, 0.29) is 0 Å². The molecule has 18 heavy (non-hydrogen) atoms. The third-order valence-corrected chi connectivity index (χ3v) is 2.78. The normalized spacial score (nSPS) is 10.7. The summed E-state index contributed by atoms with van der Waals surface area (Å²) in [4.78, 5) is 7.22. The number of rotatable bonds is 3. The summed E-state index contributed by atoms with van der Waals surface area (Å²) in [5.41, 5.74) is 9.40. The number of hydrogen-bond acceptors (Lipinski definition) is 3. The fraction of sp³-hybridized carbons (Fsp3) is 0.0714. The predicted octanol–water partition coefficient (Wildman–Crippen LogP) is 2.72. The van der Waals surface area contributed by atoms with Gasteiger partial charge in [-0.15, -0.1) is 0 Å². The van der Waals surface area contributed by atoms with E-state index >= 15 is 0 Å². The van der Waals surface area contributed by atoms with Crippen LogP contribution >= 0.6 is 0 Å². The second kappa shape index (κ2) is 4.41. The Labute approximate surface area is 104 Å². The van der Waals surface area contributed by atoms with E-state index in [0.29, 0.717) is 6.61 Å². The molecule has 0 amide bonds. The van der Waals surface area contributed by atoms with Gasteiger partial charge in [-0.3, -0.25) is 0 Å². The van der Waals surface area contributed by atoms with Crippen LogP contribution in [0.3, 0.4) is 0 Å². The monoisotopic (exact) mass is 239 g/mol. The van der Waals surface area contributed by atoms with Crippen LogP contribution in [0.15, 0.2) is 48.8 Å². The van der Waals surface area contributed by atoms with Crippen LogP contribution in [0.4, 0.5) is 5.69 Å². The predicted molar refractivity (Wildman–Crippen MR) is 71.3 cm³/mol. The molecule has 0 atom stereocenters. The quantitative estimate of drug-likeness (QED) is 0.691. The van der Waals surface area contributed by atoms with Crippen LogP contribution in [0.5, 0.6) is 5.75 Å². The standard InChI is InChI=1S/C14H13N3O/c15-11-3-1-10(2-4-11)8-18-12-5-6-13-14(7-12)17-9-16-13/h1-7,9H,8,15H2,(H,16,17). The summed E-state index contributed by atoms with van der Waals surface area (Å²) in [7, 11) is 0. The number of hydrogen-bond donors (Lipinski definition) is 2. The Balaban J connectivity index is 1.74. The maximum absolute atomic E-state index is 5.72. The molecule has 0 saturated heterocycles. The van der Waals surface area contributed by atoms with Gasteiger partial charge in [-0.05, 0) is 29.8 Å². The van der Waals surface area contributed by atoms with Crippen molar-refractivity contribution in [2.75, 3.05) is 5.73 Å². The average molecular weight is 239 g/mol. The summed E-state index contributed by atoms with van der Waals surface area (Å²) in [6.07, 6.45) is 1.68. The molecule has 2 aromatic carbocycles. The van der Waals surface area contributed by atoms with E-state index in [2.05, 4.69) is 9.97 Å². The summed E-state index contributed by atoms with van der Waals surface area (Å²) < 4.78 is 5.72. The minimum absolute atomic E-state index is 0.528. The fourth-order valence-electron chi connectivity index (χ4n) is 1.79. The minimum Gasteiger partial charge on any atom is -0.489 e. The van der Waals surface area contributed by atoms with E-state index < -0.39 is 0 Å². The molecule has 1 heterocycles. The first kappa shape index (κ1) is 10.7. The number of fused-ring (bicyclic) bond motifs is 1. The van der Waals surface area contributed by atoms with Crippen molar-refractivity contribution in [2.45, 2.75) is 6.61 Å². The van der Waals surface area contributed by atoms with Crippen LogP contribution in [-0.4, -0.2) is 9.97 Å². The van der Waals surface area contributed by atoms with Crippen LogP contribution in [-0.2, 0) is 6.61 Å². The average Bonchev–Trinajstić information content (AvgIpc) is 2.85. The van der Waals surface area contributed by atoms with Gasteiger partial charge in [0.1, 0.15) is 12.4 Å². The first-order chi connectivity index (χ1) is 8.81. The van der Waals surface area contributed by atoms with Crippen molar-refractivity contribution in [1.82, 2.24) is 9.97 Å². The van der Waals surface area contributed by atoms with Gasteiger partial charge in [-0.1, -0.05) is 12.1 Å². The Hall–Kier alpha value is -2.49. The summed E-state index contributed by atoms with van der Waals surface area (Å²) in [6, 6.07) is 13.5. The van der Waals surface area contributed by atoms with Crippen molar-refractivity contribution < 1.29 is 4.74 Å². The third-order valence-electron chi connectivity index (χ3n) is 2.78. The Morgan fingerprint density at radius 2 is 1.94 bits per heavy atom. The van der Waals surface area contributed by atoms with E-state index in [9.17, 15) is 0 Å². The van der Waals surface area contributed by atoms with E-state index in [4.69, 9.17) is 10.5 Å². The molecule has 90 valence electrons. The van der Waals surface area contributed by atoms with Crippen molar-refractivity contribution in [3.8, 4) is 5.75 Å². The summed E-state index contributed by atoms with van der Waals surface area (Å²) >= 11 is 0. The number of nitrogens with two attached hydrogens (primary N) is 1. The second-order valence-electron chi connectivity index (χ2n) is 4.11. The van der Waals surface area contributed by atoms with E-state index in [1.807, 2.05) is 42.5 Å². The van der Waals surface area contributed by atoms with E-state index in [1.54, 1.807) is 6.33 Å². The van der Waals surface area contributed by atoms with Crippen molar-refractivity contribution in [1.29, 1.82) is 0 Å². The van der Waals surface area contributed by atoms with Crippen LogP contribution < -0.4 is 10.5 Å². The fourth-order valence-corrected chi connectivity index (χ4v) is 1.79. The first-order valence-electron chi connectivity index (χ1n) is 5.71. The zero-order valence-electron chi connectivity index (χ0n) is 9.76. The number of nitrogen functional groups attached to an aromatic ring is 1. The molecule has 0 aliphatic carbocycles. The number of H-pyrrole nitrogens is 1. The second-order valence-corrected chi connectivity index (χ2v) is 4.11. The highest BCUT2D eigenvalue weighted by Gasteiger charge is 2.00. The summed E-state index contributed by atoms with van der Waals surface area (Å²) in [5.74, 6) is 0.823. The number of aromatic amines is 1. The lowest BCUT2D eigenvalue weighted by Crippen LogP contribution is -1.95. The molecule has 1 aromatic heterocycles. The number of nitrogens with zero attached hydrogens (tertiary/aromatic N) is 1. The molecular formula is C14H13N3O. The maximum atomic E-state index is 5.72. The van der Waals surface area contributed by atoms with Gasteiger partial charge >= 0.3 is 0 Å². The zero-order valence-corrected chi connectivity index (χ0v) is 9.76.